The number of nitrogens with one attached hydrogen (secondary N) is 1. The Morgan fingerprint density at radius 2 is 1.09 bits per heavy atom. The number of hydrogen-bond donors (Lipinski definition) is 1. The van der Waals surface area contributed by atoms with Crippen molar-refractivity contribution in [2.75, 3.05) is 5.32 Å². The van der Waals surface area contributed by atoms with E-state index < -0.39 is 5.41 Å². The van der Waals surface area contributed by atoms with Crippen molar-refractivity contribution >= 4 is 11.6 Å². The van der Waals surface area contributed by atoms with E-state index in [1.165, 1.54) is 0 Å². The molecule has 2 heteroatoms. The van der Waals surface area contributed by atoms with Gasteiger partial charge in [0.1, 0.15) is 0 Å². The lowest BCUT2D eigenvalue weighted by atomic mass is 9.75. The average Bonchev–Trinajstić information content (AvgIpc) is 2.63. The van der Waals surface area contributed by atoms with Crippen LogP contribution < -0.4 is 5.32 Å². The van der Waals surface area contributed by atoms with Crippen molar-refractivity contribution < 1.29 is 4.79 Å². The highest BCUT2D eigenvalue weighted by molar-refractivity contribution is 6.01. The van der Waals surface area contributed by atoms with Gasteiger partial charge >= 0.3 is 0 Å². The quantitative estimate of drug-likeness (QED) is 0.748. The summed E-state index contributed by atoms with van der Waals surface area (Å²) >= 11 is 0. The van der Waals surface area contributed by atoms with E-state index in [-0.39, 0.29) is 5.91 Å². The van der Waals surface area contributed by atoms with Gasteiger partial charge in [-0.3, -0.25) is 4.79 Å². The average molecular weight is 301 g/mol. The second kappa shape index (κ2) is 6.49. The summed E-state index contributed by atoms with van der Waals surface area (Å²) in [6.07, 6.45) is 0. The molecule has 0 bridgehead atoms. The van der Waals surface area contributed by atoms with Gasteiger partial charge in [0.25, 0.3) is 0 Å². The van der Waals surface area contributed by atoms with Gasteiger partial charge < -0.3 is 5.32 Å². The fourth-order valence-electron chi connectivity index (χ4n) is 2.75. The first-order valence-corrected chi connectivity index (χ1v) is 7.69. The van der Waals surface area contributed by atoms with Crippen molar-refractivity contribution in [3.8, 4) is 0 Å². The lowest BCUT2D eigenvalue weighted by molar-refractivity contribution is -0.119. The van der Waals surface area contributed by atoms with E-state index in [2.05, 4.69) is 5.32 Å². The second-order valence-corrected chi connectivity index (χ2v) is 5.68. The fraction of sp³-hybridized carbons (Fsp3) is 0.0952. The van der Waals surface area contributed by atoms with E-state index in [4.69, 9.17) is 0 Å². The van der Waals surface area contributed by atoms with E-state index in [1.54, 1.807) is 0 Å². The summed E-state index contributed by atoms with van der Waals surface area (Å²) in [6.45, 7) is 1.97. The minimum atomic E-state index is -0.752. The van der Waals surface area contributed by atoms with Gasteiger partial charge in [-0.15, -0.1) is 0 Å². The monoisotopic (exact) mass is 301 g/mol. The van der Waals surface area contributed by atoms with E-state index in [1.807, 2.05) is 97.9 Å². The molecule has 2 nitrogen and oxygen atoms in total. The molecule has 0 heterocycles. The van der Waals surface area contributed by atoms with Crippen LogP contribution in [-0.2, 0) is 10.2 Å². The summed E-state index contributed by atoms with van der Waals surface area (Å²) in [5, 5.41) is 3.04. The molecule has 0 aliphatic heterocycles. The molecule has 0 atom stereocenters. The third kappa shape index (κ3) is 3.02. The Balaban J connectivity index is 2.04. The number of para-hydroxylation sites is 1. The topological polar surface area (TPSA) is 29.1 Å². The van der Waals surface area contributed by atoms with E-state index >= 15 is 0 Å². The van der Waals surface area contributed by atoms with Crippen molar-refractivity contribution in [2.24, 2.45) is 0 Å². The Morgan fingerprint density at radius 3 is 1.52 bits per heavy atom. The Kier molecular flexibility index (Phi) is 4.24. The summed E-state index contributed by atoms with van der Waals surface area (Å²) in [7, 11) is 0. The number of amides is 1. The molecule has 0 aliphatic rings. The summed E-state index contributed by atoms with van der Waals surface area (Å²) < 4.78 is 0. The minimum absolute atomic E-state index is 0.0406. The standard InChI is InChI=1S/C21H19NO/c1-21(17-11-5-2-6-12-17,18-13-7-3-8-14-18)20(23)22-19-15-9-4-10-16-19/h2-16H,1H3,(H,22,23). The largest absolute Gasteiger partial charge is 0.325 e. The molecule has 3 aromatic rings. The molecule has 0 unspecified atom stereocenters. The Labute approximate surface area is 136 Å². The molecule has 3 rings (SSSR count). The van der Waals surface area contributed by atoms with Crippen molar-refractivity contribution in [3.05, 3.63) is 102 Å². The predicted octanol–water partition coefficient (Wildman–Crippen LogP) is 4.63. The first-order chi connectivity index (χ1) is 11.2. The first-order valence-electron chi connectivity index (χ1n) is 7.69. The van der Waals surface area contributed by atoms with Gasteiger partial charge in [-0.1, -0.05) is 78.9 Å². The highest BCUT2D eigenvalue weighted by atomic mass is 16.2. The van der Waals surface area contributed by atoms with Crippen molar-refractivity contribution in [1.82, 2.24) is 0 Å². The van der Waals surface area contributed by atoms with Gasteiger partial charge in [-0.2, -0.15) is 0 Å². The third-order valence-electron chi connectivity index (χ3n) is 4.19. The van der Waals surface area contributed by atoms with Crippen molar-refractivity contribution in [2.45, 2.75) is 12.3 Å². The molecule has 0 aromatic heterocycles. The van der Waals surface area contributed by atoms with Crippen molar-refractivity contribution in [1.29, 1.82) is 0 Å². The highest BCUT2D eigenvalue weighted by Gasteiger charge is 2.36. The number of rotatable bonds is 4. The molecular formula is C21H19NO. The number of hydrogen-bond acceptors (Lipinski definition) is 1. The number of carbonyl (C=O) groups is 1. The lowest BCUT2D eigenvalue weighted by Gasteiger charge is -2.29. The van der Waals surface area contributed by atoms with Gasteiger partial charge in [-0.25, -0.2) is 0 Å². The maximum atomic E-state index is 13.1. The number of anilines is 1. The molecule has 1 amide bonds. The molecular weight excluding hydrogens is 282 g/mol. The zero-order valence-electron chi connectivity index (χ0n) is 13.1. The molecule has 3 aromatic carbocycles. The van der Waals surface area contributed by atoms with Gasteiger partial charge in [0.2, 0.25) is 5.91 Å². The Hall–Kier alpha value is -2.87. The summed E-state index contributed by atoms with van der Waals surface area (Å²) in [6, 6.07) is 29.3. The van der Waals surface area contributed by atoms with Crippen LogP contribution in [0.15, 0.2) is 91.0 Å². The van der Waals surface area contributed by atoms with Crippen molar-refractivity contribution in [3.63, 3.8) is 0 Å². The normalized spacial score (nSPS) is 11.0. The third-order valence-corrected chi connectivity index (χ3v) is 4.19. The maximum Gasteiger partial charge on any atom is 0.239 e. The van der Waals surface area contributed by atoms with Crippen LogP contribution in [0.5, 0.6) is 0 Å². The Bertz CT molecular complexity index is 727. The van der Waals surface area contributed by atoms with Crippen LogP contribution in [0.2, 0.25) is 0 Å². The zero-order chi connectivity index (χ0) is 16.1. The van der Waals surface area contributed by atoms with Crippen LogP contribution in [0.4, 0.5) is 5.69 Å². The van der Waals surface area contributed by atoms with E-state index in [9.17, 15) is 4.79 Å². The minimum Gasteiger partial charge on any atom is -0.325 e. The van der Waals surface area contributed by atoms with Gasteiger partial charge in [0.15, 0.2) is 0 Å². The Morgan fingerprint density at radius 1 is 0.696 bits per heavy atom. The van der Waals surface area contributed by atoms with Crippen LogP contribution in [0.3, 0.4) is 0 Å². The SMILES string of the molecule is CC(C(=O)Nc1ccccc1)(c1ccccc1)c1ccccc1. The molecule has 0 aliphatic carbocycles. The van der Waals surface area contributed by atoms with Crippen LogP contribution in [-0.4, -0.2) is 5.91 Å². The van der Waals surface area contributed by atoms with Crippen LogP contribution in [0, 0.1) is 0 Å². The molecule has 23 heavy (non-hydrogen) atoms. The summed E-state index contributed by atoms with van der Waals surface area (Å²) in [4.78, 5) is 13.1. The summed E-state index contributed by atoms with van der Waals surface area (Å²) in [5.74, 6) is -0.0406. The molecule has 0 fully saturated rings. The second-order valence-electron chi connectivity index (χ2n) is 5.68. The molecule has 114 valence electrons. The van der Waals surface area contributed by atoms with Crippen LogP contribution >= 0.6 is 0 Å². The van der Waals surface area contributed by atoms with Gasteiger partial charge in [0.05, 0.1) is 5.41 Å². The number of benzene rings is 3. The zero-order valence-corrected chi connectivity index (χ0v) is 13.1. The number of carbonyl (C=O) groups excluding carboxylic acids is 1. The maximum absolute atomic E-state index is 13.1. The fourth-order valence-corrected chi connectivity index (χ4v) is 2.75. The first kappa shape index (κ1) is 15.0. The van der Waals surface area contributed by atoms with Gasteiger partial charge in [0, 0.05) is 5.69 Å². The molecule has 0 saturated carbocycles. The highest BCUT2D eigenvalue weighted by Crippen LogP contribution is 2.33. The smallest absolute Gasteiger partial charge is 0.239 e. The van der Waals surface area contributed by atoms with Gasteiger partial charge in [-0.05, 0) is 30.2 Å². The lowest BCUT2D eigenvalue weighted by Crippen LogP contribution is -2.38. The molecule has 0 spiro atoms. The van der Waals surface area contributed by atoms with Crippen LogP contribution in [0.1, 0.15) is 18.1 Å². The van der Waals surface area contributed by atoms with Crippen LogP contribution in [0.25, 0.3) is 0 Å². The summed E-state index contributed by atoms with van der Waals surface area (Å²) in [5.41, 5.74) is 1.99. The van der Waals surface area contributed by atoms with E-state index in [0.29, 0.717) is 0 Å². The molecule has 0 radical (unpaired) electrons. The molecule has 0 saturated heterocycles. The van der Waals surface area contributed by atoms with E-state index in [0.717, 1.165) is 16.8 Å². The molecule has 1 N–H and O–H groups in total. The predicted molar refractivity (Wildman–Crippen MR) is 94.4 cm³/mol.